The number of nitrogens with zero attached hydrogens (tertiary/aromatic N) is 3. The SMILES string of the molecule is CC(C)(N)c1cn(CCOC2CCCCO2)nn1. The molecule has 0 aliphatic carbocycles. The molecule has 0 radical (unpaired) electrons. The van der Waals surface area contributed by atoms with Crippen LogP contribution in [0.3, 0.4) is 0 Å². The molecule has 0 bridgehead atoms. The van der Waals surface area contributed by atoms with Gasteiger partial charge in [-0.05, 0) is 33.1 Å². The van der Waals surface area contributed by atoms with Crippen molar-refractivity contribution in [2.45, 2.75) is 51.5 Å². The molecule has 1 aromatic heterocycles. The van der Waals surface area contributed by atoms with E-state index in [0.29, 0.717) is 13.2 Å². The van der Waals surface area contributed by atoms with Gasteiger partial charge in [-0.15, -0.1) is 5.10 Å². The molecule has 0 amide bonds. The van der Waals surface area contributed by atoms with E-state index in [1.165, 1.54) is 6.42 Å². The first-order valence-electron chi connectivity index (χ1n) is 6.48. The van der Waals surface area contributed by atoms with Crippen LogP contribution >= 0.6 is 0 Å². The van der Waals surface area contributed by atoms with Gasteiger partial charge < -0.3 is 15.2 Å². The van der Waals surface area contributed by atoms with Crippen molar-refractivity contribution in [3.05, 3.63) is 11.9 Å². The van der Waals surface area contributed by atoms with Gasteiger partial charge in [-0.3, -0.25) is 0 Å². The zero-order valence-corrected chi connectivity index (χ0v) is 11.1. The molecule has 1 aromatic rings. The zero-order chi connectivity index (χ0) is 13.0. The molecule has 2 N–H and O–H groups in total. The van der Waals surface area contributed by atoms with E-state index < -0.39 is 5.54 Å². The second-order valence-corrected chi connectivity index (χ2v) is 5.26. The molecule has 2 rings (SSSR count). The number of hydrogen-bond donors (Lipinski definition) is 1. The van der Waals surface area contributed by atoms with E-state index in [-0.39, 0.29) is 6.29 Å². The number of ether oxygens (including phenoxy) is 2. The standard InChI is InChI=1S/C12H22N4O2/c1-12(2,13)10-9-16(15-14-10)6-8-18-11-5-3-4-7-17-11/h9,11H,3-8,13H2,1-2H3. The summed E-state index contributed by atoms with van der Waals surface area (Å²) in [5.74, 6) is 0. The molecule has 0 aromatic carbocycles. The number of aromatic nitrogens is 3. The first-order chi connectivity index (χ1) is 8.55. The highest BCUT2D eigenvalue weighted by Gasteiger charge is 2.18. The monoisotopic (exact) mass is 254 g/mol. The minimum Gasteiger partial charge on any atom is -0.353 e. The summed E-state index contributed by atoms with van der Waals surface area (Å²) in [4.78, 5) is 0. The van der Waals surface area contributed by atoms with Gasteiger partial charge in [-0.1, -0.05) is 5.21 Å². The Morgan fingerprint density at radius 3 is 3.00 bits per heavy atom. The maximum atomic E-state index is 5.95. The molecule has 1 aliphatic rings. The Labute approximate surface area is 107 Å². The Kier molecular flexibility index (Phi) is 4.31. The smallest absolute Gasteiger partial charge is 0.157 e. The van der Waals surface area contributed by atoms with E-state index in [1.54, 1.807) is 4.68 Å². The van der Waals surface area contributed by atoms with Gasteiger partial charge in [0, 0.05) is 6.61 Å². The second-order valence-electron chi connectivity index (χ2n) is 5.26. The van der Waals surface area contributed by atoms with Gasteiger partial charge in [0.05, 0.1) is 24.9 Å². The second kappa shape index (κ2) is 5.77. The molecule has 6 heteroatoms. The largest absolute Gasteiger partial charge is 0.353 e. The van der Waals surface area contributed by atoms with Gasteiger partial charge in [0.2, 0.25) is 0 Å². The van der Waals surface area contributed by atoms with Crippen LogP contribution in [0.2, 0.25) is 0 Å². The van der Waals surface area contributed by atoms with Crippen LogP contribution in [0, 0.1) is 0 Å². The predicted molar refractivity (Wildman–Crippen MR) is 66.8 cm³/mol. The van der Waals surface area contributed by atoms with E-state index in [2.05, 4.69) is 10.3 Å². The van der Waals surface area contributed by atoms with Crippen LogP contribution in [0.4, 0.5) is 0 Å². The normalized spacial score (nSPS) is 21.2. The van der Waals surface area contributed by atoms with Crippen LogP contribution in [-0.4, -0.2) is 34.5 Å². The fraction of sp³-hybridized carbons (Fsp3) is 0.833. The van der Waals surface area contributed by atoms with E-state index in [9.17, 15) is 0 Å². The first kappa shape index (κ1) is 13.5. The minimum absolute atomic E-state index is 0.0484. The Bertz CT molecular complexity index is 366. The highest BCUT2D eigenvalue weighted by Crippen LogP contribution is 2.14. The Balaban J connectivity index is 1.74. The van der Waals surface area contributed by atoms with E-state index in [0.717, 1.165) is 25.1 Å². The average Bonchev–Trinajstić information content (AvgIpc) is 2.79. The van der Waals surface area contributed by atoms with Crippen LogP contribution in [0.15, 0.2) is 6.20 Å². The Morgan fingerprint density at radius 1 is 1.56 bits per heavy atom. The van der Waals surface area contributed by atoms with Crippen molar-refractivity contribution < 1.29 is 9.47 Å². The molecule has 0 saturated carbocycles. The van der Waals surface area contributed by atoms with Crippen molar-refractivity contribution >= 4 is 0 Å². The molecule has 1 unspecified atom stereocenters. The summed E-state index contributed by atoms with van der Waals surface area (Å²) in [7, 11) is 0. The minimum atomic E-state index is -0.453. The molecule has 102 valence electrons. The highest BCUT2D eigenvalue weighted by atomic mass is 16.7. The maximum Gasteiger partial charge on any atom is 0.157 e. The van der Waals surface area contributed by atoms with E-state index >= 15 is 0 Å². The third-order valence-electron chi connectivity index (χ3n) is 2.96. The number of rotatable bonds is 5. The number of nitrogens with two attached hydrogens (primary N) is 1. The molecule has 1 atom stereocenters. The highest BCUT2D eigenvalue weighted by molar-refractivity contribution is 5.05. The summed E-state index contributed by atoms with van der Waals surface area (Å²) >= 11 is 0. The van der Waals surface area contributed by atoms with E-state index in [4.69, 9.17) is 15.2 Å². The predicted octanol–water partition coefficient (Wildman–Crippen LogP) is 1.02. The third-order valence-corrected chi connectivity index (χ3v) is 2.96. The van der Waals surface area contributed by atoms with Gasteiger partial charge in [-0.25, -0.2) is 4.68 Å². The summed E-state index contributed by atoms with van der Waals surface area (Å²) < 4.78 is 12.9. The topological polar surface area (TPSA) is 75.2 Å². The zero-order valence-electron chi connectivity index (χ0n) is 11.1. The average molecular weight is 254 g/mol. The van der Waals surface area contributed by atoms with Gasteiger partial charge in [0.15, 0.2) is 6.29 Å². The lowest BCUT2D eigenvalue weighted by molar-refractivity contribution is -0.163. The van der Waals surface area contributed by atoms with Gasteiger partial charge in [-0.2, -0.15) is 0 Å². The molecule has 1 fully saturated rings. The molecule has 1 aliphatic heterocycles. The molecular formula is C12H22N4O2. The Morgan fingerprint density at radius 2 is 2.39 bits per heavy atom. The van der Waals surface area contributed by atoms with E-state index in [1.807, 2.05) is 20.0 Å². The molecule has 1 saturated heterocycles. The molecular weight excluding hydrogens is 232 g/mol. The number of hydrogen-bond acceptors (Lipinski definition) is 5. The van der Waals surface area contributed by atoms with Crippen molar-refractivity contribution in [3.63, 3.8) is 0 Å². The molecule has 2 heterocycles. The first-order valence-corrected chi connectivity index (χ1v) is 6.48. The summed E-state index contributed by atoms with van der Waals surface area (Å²) in [6.45, 7) is 5.88. The summed E-state index contributed by atoms with van der Waals surface area (Å²) in [6.07, 6.45) is 5.12. The third kappa shape index (κ3) is 3.76. The lowest BCUT2D eigenvalue weighted by Gasteiger charge is -2.22. The lowest BCUT2D eigenvalue weighted by Crippen LogP contribution is -2.29. The summed E-state index contributed by atoms with van der Waals surface area (Å²) in [5.41, 5.74) is 6.28. The molecule has 6 nitrogen and oxygen atoms in total. The molecule has 18 heavy (non-hydrogen) atoms. The lowest BCUT2D eigenvalue weighted by atomic mass is 10.0. The quantitative estimate of drug-likeness (QED) is 0.849. The Hall–Kier alpha value is -0.980. The van der Waals surface area contributed by atoms with Crippen LogP contribution in [-0.2, 0) is 21.6 Å². The summed E-state index contributed by atoms with van der Waals surface area (Å²) in [6, 6.07) is 0. The molecule has 0 spiro atoms. The van der Waals surface area contributed by atoms with Crippen LogP contribution in [0.5, 0.6) is 0 Å². The van der Waals surface area contributed by atoms with Crippen molar-refractivity contribution in [1.29, 1.82) is 0 Å². The maximum absolute atomic E-state index is 5.95. The van der Waals surface area contributed by atoms with Gasteiger partial charge in [0.1, 0.15) is 5.69 Å². The summed E-state index contributed by atoms with van der Waals surface area (Å²) in [5, 5.41) is 8.09. The van der Waals surface area contributed by atoms with Crippen LogP contribution in [0.25, 0.3) is 0 Å². The van der Waals surface area contributed by atoms with Gasteiger partial charge in [0.25, 0.3) is 0 Å². The van der Waals surface area contributed by atoms with Crippen molar-refractivity contribution in [2.75, 3.05) is 13.2 Å². The fourth-order valence-electron chi connectivity index (χ4n) is 1.82. The fourth-order valence-corrected chi connectivity index (χ4v) is 1.82. The van der Waals surface area contributed by atoms with Crippen molar-refractivity contribution in [1.82, 2.24) is 15.0 Å². The van der Waals surface area contributed by atoms with Crippen LogP contribution < -0.4 is 5.73 Å². The van der Waals surface area contributed by atoms with Crippen molar-refractivity contribution in [3.8, 4) is 0 Å². The van der Waals surface area contributed by atoms with Crippen LogP contribution in [0.1, 0.15) is 38.8 Å². The van der Waals surface area contributed by atoms with Gasteiger partial charge >= 0.3 is 0 Å². The van der Waals surface area contributed by atoms with Crippen molar-refractivity contribution in [2.24, 2.45) is 5.73 Å².